The van der Waals surface area contributed by atoms with Crippen LogP contribution in [0.5, 0.6) is 0 Å². The molecule has 2 heterocycles. The average molecular weight is 404 g/mol. The van der Waals surface area contributed by atoms with Crippen molar-refractivity contribution in [1.82, 2.24) is 10.3 Å². The highest BCUT2D eigenvalue weighted by molar-refractivity contribution is 6.04. The number of carbonyl (C=O) groups is 2. The highest BCUT2D eigenvalue weighted by atomic mass is 16.4. The molecule has 1 saturated heterocycles. The molecule has 2 N–H and O–H groups in total. The van der Waals surface area contributed by atoms with E-state index in [9.17, 15) is 9.59 Å². The van der Waals surface area contributed by atoms with Gasteiger partial charge in [0.25, 0.3) is 11.9 Å². The van der Waals surface area contributed by atoms with E-state index in [0.29, 0.717) is 43.2 Å². The molecule has 7 nitrogen and oxygen atoms in total. The van der Waals surface area contributed by atoms with Crippen LogP contribution in [0.25, 0.3) is 11.1 Å². The van der Waals surface area contributed by atoms with Gasteiger partial charge >= 0.3 is 0 Å². The topological polar surface area (TPSA) is 87.5 Å². The third kappa shape index (κ3) is 3.87. The van der Waals surface area contributed by atoms with E-state index in [1.165, 1.54) is 0 Å². The summed E-state index contributed by atoms with van der Waals surface area (Å²) in [5.41, 5.74) is 2.70. The Morgan fingerprint density at radius 1 is 0.967 bits per heavy atom. The number of rotatable bonds is 5. The number of para-hydroxylation sites is 3. The number of fused-ring (bicyclic) bond motifs is 1. The second kappa shape index (κ2) is 7.82. The molecule has 2 fully saturated rings. The van der Waals surface area contributed by atoms with Crippen molar-refractivity contribution in [2.24, 2.45) is 5.92 Å². The Kier molecular flexibility index (Phi) is 4.86. The summed E-state index contributed by atoms with van der Waals surface area (Å²) >= 11 is 0. The fraction of sp³-hybridized carbons (Fsp3) is 0.348. The van der Waals surface area contributed by atoms with E-state index in [4.69, 9.17) is 4.42 Å². The van der Waals surface area contributed by atoms with Gasteiger partial charge < -0.3 is 20.0 Å². The minimum absolute atomic E-state index is 0.0427. The number of benzene rings is 2. The van der Waals surface area contributed by atoms with Crippen LogP contribution in [-0.2, 0) is 4.79 Å². The SMILES string of the molecule is O=C(NC1CC1)c1ccccc1NC(=O)C1CCN(c2nc3ccccc3o2)CC1. The molecule has 1 saturated carbocycles. The van der Waals surface area contributed by atoms with Gasteiger partial charge in [-0.1, -0.05) is 24.3 Å². The maximum Gasteiger partial charge on any atom is 0.298 e. The standard InChI is InChI=1S/C23H24N4O3/c28-21(25-18-6-2-1-5-17(18)22(29)24-16-9-10-16)15-11-13-27(14-12-15)23-26-19-7-3-4-8-20(19)30-23/h1-8,15-16H,9-14H2,(H,24,29)(H,25,28). The molecule has 2 amide bonds. The molecule has 154 valence electrons. The van der Waals surface area contributed by atoms with Crippen molar-refractivity contribution < 1.29 is 14.0 Å². The van der Waals surface area contributed by atoms with Gasteiger partial charge in [-0.2, -0.15) is 4.98 Å². The van der Waals surface area contributed by atoms with Gasteiger partial charge in [-0.25, -0.2) is 0 Å². The molecule has 7 heteroatoms. The molecule has 0 radical (unpaired) electrons. The van der Waals surface area contributed by atoms with Gasteiger partial charge in [0, 0.05) is 25.0 Å². The number of anilines is 2. The Bertz CT molecular complexity index is 1050. The molecule has 3 aromatic rings. The summed E-state index contributed by atoms with van der Waals surface area (Å²) in [4.78, 5) is 32.0. The van der Waals surface area contributed by atoms with Gasteiger partial charge in [-0.3, -0.25) is 9.59 Å². The normalized spacial score (nSPS) is 17.1. The minimum Gasteiger partial charge on any atom is -0.423 e. The monoisotopic (exact) mass is 404 g/mol. The molecule has 0 bridgehead atoms. The molecule has 2 aromatic carbocycles. The quantitative estimate of drug-likeness (QED) is 0.679. The number of aromatic nitrogens is 1. The lowest BCUT2D eigenvalue weighted by molar-refractivity contribution is -0.120. The second-order valence-corrected chi connectivity index (χ2v) is 8.01. The number of nitrogens with one attached hydrogen (secondary N) is 2. The number of hydrogen-bond donors (Lipinski definition) is 2. The molecular weight excluding hydrogens is 380 g/mol. The Morgan fingerprint density at radius 2 is 1.70 bits per heavy atom. The largest absolute Gasteiger partial charge is 0.423 e. The predicted molar refractivity (Wildman–Crippen MR) is 115 cm³/mol. The number of hydrogen-bond acceptors (Lipinski definition) is 5. The molecule has 1 aliphatic heterocycles. The second-order valence-electron chi connectivity index (χ2n) is 8.01. The van der Waals surface area contributed by atoms with Crippen LogP contribution in [0, 0.1) is 5.92 Å². The van der Waals surface area contributed by atoms with E-state index >= 15 is 0 Å². The van der Waals surface area contributed by atoms with Gasteiger partial charge in [0.05, 0.1) is 11.3 Å². The number of nitrogens with zero attached hydrogens (tertiary/aromatic N) is 2. The number of piperidine rings is 1. The van der Waals surface area contributed by atoms with Crippen LogP contribution in [0.4, 0.5) is 11.7 Å². The summed E-state index contributed by atoms with van der Waals surface area (Å²) in [5.74, 6) is -0.275. The Morgan fingerprint density at radius 3 is 2.47 bits per heavy atom. The first-order valence-corrected chi connectivity index (χ1v) is 10.5. The van der Waals surface area contributed by atoms with Gasteiger partial charge in [-0.05, 0) is 49.9 Å². The van der Waals surface area contributed by atoms with Crippen LogP contribution in [0.3, 0.4) is 0 Å². The number of oxazole rings is 1. The molecule has 1 aliphatic carbocycles. The molecule has 5 rings (SSSR count). The van der Waals surface area contributed by atoms with Crippen LogP contribution >= 0.6 is 0 Å². The number of amides is 2. The fourth-order valence-corrected chi connectivity index (χ4v) is 3.84. The summed E-state index contributed by atoms with van der Waals surface area (Å²) in [6.07, 6.45) is 3.47. The summed E-state index contributed by atoms with van der Waals surface area (Å²) < 4.78 is 5.85. The minimum atomic E-state index is -0.126. The molecule has 2 aliphatic rings. The van der Waals surface area contributed by atoms with Crippen molar-refractivity contribution in [3.05, 3.63) is 54.1 Å². The van der Waals surface area contributed by atoms with Crippen molar-refractivity contribution in [1.29, 1.82) is 0 Å². The summed E-state index contributed by atoms with van der Waals surface area (Å²) in [6, 6.07) is 15.8. The summed E-state index contributed by atoms with van der Waals surface area (Å²) in [6.45, 7) is 1.41. The summed E-state index contributed by atoms with van der Waals surface area (Å²) in [5, 5.41) is 5.96. The zero-order valence-electron chi connectivity index (χ0n) is 16.6. The lowest BCUT2D eigenvalue weighted by atomic mass is 9.96. The van der Waals surface area contributed by atoms with E-state index in [1.807, 2.05) is 36.4 Å². The van der Waals surface area contributed by atoms with Crippen molar-refractivity contribution in [3.63, 3.8) is 0 Å². The Labute approximate surface area is 174 Å². The summed E-state index contributed by atoms with van der Waals surface area (Å²) in [7, 11) is 0. The van der Waals surface area contributed by atoms with Crippen LogP contribution < -0.4 is 15.5 Å². The van der Waals surface area contributed by atoms with Crippen molar-refractivity contribution in [2.75, 3.05) is 23.3 Å². The van der Waals surface area contributed by atoms with E-state index in [1.54, 1.807) is 12.1 Å². The average Bonchev–Trinajstić information content (AvgIpc) is 3.48. The lowest BCUT2D eigenvalue weighted by Crippen LogP contribution is -2.38. The van der Waals surface area contributed by atoms with E-state index in [2.05, 4.69) is 20.5 Å². The van der Waals surface area contributed by atoms with Gasteiger partial charge in [0.1, 0.15) is 5.52 Å². The fourth-order valence-electron chi connectivity index (χ4n) is 3.84. The first-order valence-electron chi connectivity index (χ1n) is 10.5. The van der Waals surface area contributed by atoms with Gasteiger partial charge in [0.15, 0.2) is 5.58 Å². The molecule has 0 atom stereocenters. The van der Waals surface area contributed by atoms with Crippen LogP contribution in [0.1, 0.15) is 36.0 Å². The Hall–Kier alpha value is -3.35. The van der Waals surface area contributed by atoms with E-state index in [0.717, 1.165) is 23.9 Å². The number of carbonyl (C=O) groups excluding carboxylic acids is 2. The lowest BCUT2D eigenvalue weighted by Gasteiger charge is -2.30. The molecule has 30 heavy (non-hydrogen) atoms. The van der Waals surface area contributed by atoms with Crippen LogP contribution in [-0.4, -0.2) is 35.9 Å². The van der Waals surface area contributed by atoms with E-state index in [-0.39, 0.29) is 23.8 Å². The highest BCUT2D eigenvalue weighted by Crippen LogP contribution is 2.27. The van der Waals surface area contributed by atoms with Crippen molar-refractivity contribution in [2.45, 2.75) is 31.7 Å². The maximum absolute atomic E-state index is 12.9. The third-order valence-electron chi connectivity index (χ3n) is 5.76. The Balaban J connectivity index is 1.21. The molecule has 1 aromatic heterocycles. The van der Waals surface area contributed by atoms with Crippen molar-refractivity contribution >= 4 is 34.6 Å². The van der Waals surface area contributed by atoms with Crippen LogP contribution in [0.15, 0.2) is 52.9 Å². The zero-order chi connectivity index (χ0) is 20.5. The predicted octanol–water partition coefficient (Wildman–Crippen LogP) is 3.58. The van der Waals surface area contributed by atoms with Gasteiger partial charge in [0.2, 0.25) is 5.91 Å². The molecule has 0 spiro atoms. The smallest absolute Gasteiger partial charge is 0.298 e. The molecule has 0 unspecified atom stereocenters. The third-order valence-corrected chi connectivity index (χ3v) is 5.76. The van der Waals surface area contributed by atoms with Crippen molar-refractivity contribution in [3.8, 4) is 0 Å². The first kappa shape index (κ1) is 18.7. The first-order chi connectivity index (χ1) is 14.7. The zero-order valence-corrected chi connectivity index (χ0v) is 16.6. The maximum atomic E-state index is 12.9. The highest BCUT2D eigenvalue weighted by Gasteiger charge is 2.29. The van der Waals surface area contributed by atoms with E-state index < -0.39 is 0 Å². The van der Waals surface area contributed by atoms with Gasteiger partial charge in [-0.15, -0.1) is 0 Å². The molecular formula is C23H24N4O3. The van der Waals surface area contributed by atoms with Crippen LogP contribution in [0.2, 0.25) is 0 Å².